The number of halogens is 3. The number of benzene rings is 1. The van der Waals surface area contributed by atoms with E-state index in [2.05, 4.69) is 41.0 Å². The van der Waals surface area contributed by atoms with Gasteiger partial charge in [-0.1, -0.05) is 23.2 Å². The molecule has 0 spiro atoms. The van der Waals surface area contributed by atoms with Crippen LogP contribution in [0.2, 0.25) is 10.0 Å². The van der Waals surface area contributed by atoms with Gasteiger partial charge in [-0.2, -0.15) is 5.10 Å². The summed E-state index contributed by atoms with van der Waals surface area (Å²) in [7, 11) is -3.27. The molecule has 0 aliphatic rings. The van der Waals surface area contributed by atoms with Crippen molar-refractivity contribution in [1.82, 2.24) is 20.1 Å². The Balaban J connectivity index is 2.08. The average Bonchev–Trinajstić information content (AvgIpc) is 3.10. The van der Waals surface area contributed by atoms with Crippen LogP contribution in [0.25, 0.3) is 5.82 Å². The molecule has 1 unspecified atom stereocenters. The lowest BCUT2D eigenvalue weighted by Crippen LogP contribution is -2.28. The van der Waals surface area contributed by atoms with Gasteiger partial charge in [-0.05, 0) is 66.5 Å². The number of nitrogens with zero attached hydrogens (tertiary/aromatic N) is 4. The van der Waals surface area contributed by atoms with Crippen LogP contribution in [0.15, 0.2) is 50.4 Å². The van der Waals surface area contributed by atoms with E-state index in [1.807, 2.05) is 0 Å². The average molecular weight is 588 g/mol. The Bertz CT molecular complexity index is 1400. The predicted octanol–water partition coefficient (Wildman–Crippen LogP) is 5.47. The molecule has 34 heavy (non-hydrogen) atoms. The number of pyridine rings is 1. The highest BCUT2D eigenvalue weighted by atomic mass is 79.9. The third kappa shape index (κ3) is 5.96. The van der Waals surface area contributed by atoms with E-state index in [-0.39, 0.29) is 33.2 Å². The van der Waals surface area contributed by atoms with E-state index in [0.717, 1.165) is 0 Å². The standard InChI is InChI=1S/C21H21BrCl2N6O3S/c1-11(2)26-21(32)29-34(4,33)16-9-13(23)8-12(3)18(16)27-20(31)15-10-17(22)28-30(15)19-14(24)6-5-7-25-19/h5-11H,1-4H3,(H,26,32)(H,27,31). The summed E-state index contributed by atoms with van der Waals surface area (Å²) >= 11 is 15.7. The van der Waals surface area contributed by atoms with Crippen LogP contribution in [0, 0.1) is 6.92 Å². The zero-order valence-corrected chi connectivity index (χ0v) is 22.5. The maximum Gasteiger partial charge on any atom is 0.349 e. The molecule has 13 heteroatoms. The number of carbonyl (C=O) groups is 2. The fourth-order valence-corrected chi connectivity index (χ4v) is 5.36. The highest BCUT2D eigenvalue weighted by Crippen LogP contribution is 2.31. The quantitative estimate of drug-likeness (QED) is 0.410. The molecule has 0 saturated carbocycles. The number of carbonyl (C=O) groups excluding carboxylic acids is 2. The van der Waals surface area contributed by atoms with Gasteiger partial charge in [0.05, 0.1) is 25.3 Å². The minimum Gasteiger partial charge on any atom is -0.334 e. The molecule has 9 nitrogen and oxygen atoms in total. The van der Waals surface area contributed by atoms with Gasteiger partial charge in [0.1, 0.15) is 10.3 Å². The van der Waals surface area contributed by atoms with E-state index >= 15 is 0 Å². The molecular formula is C21H21BrCl2N6O3S. The van der Waals surface area contributed by atoms with Crippen LogP contribution in [0.1, 0.15) is 29.9 Å². The molecule has 2 aromatic heterocycles. The van der Waals surface area contributed by atoms with Gasteiger partial charge >= 0.3 is 6.03 Å². The largest absolute Gasteiger partial charge is 0.349 e. The normalized spacial score (nSPS) is 12.8. The summed E-state index contributed by atoms with van der Waals surface area (Å²) in [6.07, 6.45) is 2.83. The van der Waals surface area contributed by atoms with Gasteiger partial charge in [0.2, 0.25) is 0 Å². The van der Waals surface area contributed by atoms with Crippen molar-refractivity contribution in [2.75, 3.05) is 11.6 Å². The molecule has 2 heterocycles. The van der Waals surface area contributed by atoms with Crippen LogP contribution < -0.4 is 10.6 Å². The number of hydrogen-bond donors (Lipinski definition) is 2. The molecule has 0 bridgehead atoms. The summed E-state index contributed by atoms with van der Waals surface area (Å²) in [5.41, 5.74) is 0.870. The first-order valence-corrected chi connectivity index (χ1v) is 13.4. The molecule has 2 N–H and O–H groups in total. The molecule has 1 aromatic carbocycles. The first-order chi connectivity index (χ1) is 15.9. The van der Waals surface area contributed by atoms with E-state index < -0.39 is 21.7 Å². The van der Waals surface area contributed by atoms with Gasteiger partial charge in [0.25, 0.3) is 5.91 Å². The van der Waals surface area contributed by atoms with Crippen molar-refractivity contribution in [2.45, 2.75) is 31.7 Å². The molecule has 0 radical (unpaired) electrons. The fraction of sp³-hybridized carbons (Fsp3) is 0.238. The van der Waals surface area contributed by atoms with Crippen molar-refractivity contribution < 1.29 is 13.8 Å². The smallest absolute Gasteiger partial charge is 0.334 e. The molecule has 3 aromatic rings. The minimum atomic E-state index is -3.27. The number of urea groups is 1. The maximum atomic E-state index is 13.5. The van der Waals surface area contributed by atoms with Crippen molar-refractivity contribution in [3.63, 3.8) is 0 Å². The molecular weight excluding hydrogens is 567 g/mol. The van der Waals surface area contributed by atoms with E-state index in [1.165, 1.54) is 29.3 Å². The van der Waals surface area contributed by atoms with Crippen LogP contribution in [0.3, 0.4) is 0 Å². The van der Waals surface area contributed by atoms with Crippen molar-refractivity contribution in [1.29, 1.82) is 0 Å². The SMILES string of the molecule is Cc1cc(Cl)cc(S(C)(=O)=NC(=O)NC(C)C)c1NC(=O)c1cc(Br)nn1-c1ncccc1Cl. The third-order valence-corrected chi connectivity index (χ3v) is 6.98. The lowest BCUT2D eigenvalue weighted by molar-refractivity contribution is 0.101. The third-order valence-electron chi connectivity index (χ3n) is 4.43. The van der Waals surface area contributed by atoms with Crippen molar-refractivity contribution in [3.8, 4) is 5.82 Å². The van der Waals surface area contributed by atoms with E-state index in [9.17, 15) is 13.8 Å². The van der Waals surface area contributed by atoms with Gasteiger partial charge in [-0.3, -0.25) is 4.79 Å². The molecule has 3 rings (SSSR count). The second-order valence-electron chi connectivity index (χ2n) is 7.62. The molecule has 0 aliphatic carbocycles. The zero-order chi connectivity index (χ0) is 25.2. The molecule has 0 aliphatic heterocycles. The molecule has 1 atom stereocenters. The number of aryl methyl sites for hydroxylation is 1. The Labute approximate surface area is 215 Å². The topological polar surface area (TPSA) is 118 Å². The highest BCUT2D eigenvalue weighted by Gasteiger charge is 2.23. The summed E-state index contributed by atoms with van der Waals surface area (Å²) in [4.78, 5) is 29.8. The zero-order valence-electron chi connectivity index (χ0n) is 18.6. The number of amides is 3. The molecule has 180 valence electrons. The molecule has 3 amide bonds. The number of rotatable bonds is 5. The number of hydrogen-bond acceptors (Lipinski definition) is 5. The monoisotopic (exact) mass is 586 g/mol. The summed E-state index contributed by atoms with van der Waals surface area (Å²) in [5.74, 6) is -0.318. The first kappa shape index (κ1) is 26.1. The lowest BCUT2D eigenvalue weighted by Gasteiger charge is -2.16. The first-order valence-electron chi connectivity index (χ1n) is 9.89. The number of anilines is 1. The Morgan fingerprint density at radius 1 is 1.24 bits per heavy atom. The van der Waals surface area contributed by atoms with Crippen molar-refractivity contribution >= 4 is 66.5 Å². The fourth-order valence-electron chi connectivity index (χ4n) is 3.04. The summed E-state index contributed by atoms with van der Waals surface area (Å²) < 4.78 is 19.0. The number of nitrogens with one attached hydrogen (secondary N) is 2. The number of aromatic nitrogens is 3. The summed E-state index contributed by atoms with van der Waals surface area (Å²) in [6, 6.07) is 6.88. The summed E-state index contributed by atoms with van der Waals surface area (Å²) in [5, 5.41) is 10.2. The van der Waals surface area contributed by atoms with Crippen LogP contribution in [-0.4, -0.2) is 43.2 Å². The Morgan fingerprint density at radius 2 is 1.94 bits per heavy atom. The lowest BCUT2D eigenvalue weighted by atomic mass is 10.2. The van der Waals surface area contributed by atoms with Gasteiger partial charge in [-0.15, -0.1) is 4.36 Å². The van der Waals surface area contributed by atoms with E-state index in [1.54, 1.807) is 39.0 Å². The molecule has 0 saturated heterocycles. The van der Waals surface area contributed by atoms with Gasteiger partial charge in [0.15, 0.2) is 5.82 Å². The highest BCUT2D eigenvalue weighted by molar-refractivity contribution is 9.10. The second-order valence-corrected chi connectivity index (χ2v) is 11.5. The van der Waals surface area contributed by atoms with Crippen LogP contribution in [0.4, 0.5) is 10.5 Å². The van der Waals surface area contributed by atoms with Gasteiger partial charge in [-0.25, -0.2) is 18.7 Å². The Hall–Kier alpha value is -2.47. The Morgan fingerprint density at radius 3 is 2.59 bits per heavy atom. The predicted molar refractivity (Wildman–Crippen MR) is 137 cm³/mol. The summed E-state index contributed by atoms with van der Waals surface area (Å²) in [6.45, 7) is 5.21. The molecule has 0 fully saturated rings. The van der Waals surface area contributed by atoms with Crippen LogP contribution in [-0.2, 0) is 9.73 Å². The second kappa shape index (κ2) is 10.4. The van der Waals surface area contributed by atoms with Crippen molar-refractivity contribution in [3.05, 3.63) is 62.4 Å². The van der Waals surface area contributed by atoms with E-state index in [4.69, 9.17) is 23.2 Å². The van der Waals surface area contributed by atoms with Crippen LogP contribution >= 0.6 is 39.1 Å². The maximum absolute atomic E-state index is 13.5. The van der Waals surface area contributed by atoms with Gasteiger partial charge < -0.3 is 10.6 Å². The minimum absolute atomic E-state index is 0.116. The Kier molecular flexibility index (Phi) is 8.02. The van der Waals surface area contributed by atoms with Crippen LogP contribution in [0.5, 0.6) is 0 Å². The van der Waals surface area contributed by atoms with Gasteiger partial charge in [0, 0.05) is 29.6 Å². The van der Waals surface area contributed by atoms with E-state index in [0.29, 0.717) is 15.2 Å². The van der Waals surface area contributed by atoms with Crippen molar-refractivity contribution in [2.24, 2.45) is 4.36 Å².